The van der Waals surface area contributed by atoms with Gasteiger partial charge in [0, 0.05) is 31.3 Å². The average Bonchev–Trinajstić information content (AvgIpc) is 3.39. The van der Waals surface area contributed by atoms with Crippen LogP contribution in [0.15, 0.2) is 150 Å². The number of hydrogen-bond acceptors (Lipinski definition) is 2. The molecule has 186 valence electrons. The Labute approximate surface area is 240 Å². The number of fused-ring (bicyclic) bond motifs is 3. The summed E-state index contributed by atoms with van der Waals surface area (Å²) in [6, 6.07) is 52.1. The van der Waals surface area contributed by atoms with Gasteiger partial charge in [0.1, 0.15) is 0 Å². The molecule has 0 unspecified atom stereocenters. The van der Waals surface area contributed by atoms with Crippen molar-refractivity contribution in [2.45, 2.75) is 0 Å². The molecule has 1 nitrogen and oxygen atoms in total. The first-order valence-corrected chi connectivity index (χ1v) is 14.6. The van der Waals surface area contributed by atoms with Gasteiger partial charge in [-0.3, -0.25) is 0 Å². The Balaban J connectivity index is 1.43. The highest BCUT2D eigenvalue weighted by atomic mass is 79.9. The molecule has 0 saturated carbocycles. The molecule has 0 fully saturated rings. The second kappa shape index (κ2) is 10.2. The lowest BCUT2D eigenvalue weighted by atomic mass is 10.0. The van der Waals surface area contributed by atoms with E-state index in [2.05, 4.69) is 166 Å². The molecule has 0 spiro atoms. The fraction of sp³-hybridized carbons (Fsp3) is 0. The molecule has 0 saturated heterocycles. The van der Waals surface area contributed by atoms with E-state index in [1.54, 1.807) is 0 Å². The van der Waals surface area contributed by atoms with Crippen LogP contribution in [0.1, 0.15) is 0 Å². The number of rotatable bonds is 5. The first kappa shape index (κ1) is 23.9. The van der Waals surface area contributed by atoms with Crippen molar-refractivity contribution in [1.29, 1.82) is 0 Å². The van der Waals surface area contributed by atoms with Crippen LogP contribution in [-0.4, -0.2) is 0 Å². The number of halogens is 1. The fourth-order valence-corrected chi connectivity index (χ4v) is 6.88. The number of hydrogen-bond donors (Lipinski definition) is 0. The van der Waals surface area contributed by atoms with Gasteiger partial charge in [0.15, 0.2) is 0 Å². The van der Waals surface area contributed by atoms with E-state index in [1.165, 1.54) is 48.1 Å². The summed E-state index contributed by atoms with van der Waals surface area (Å²) < 4.78 is 3.67. The van der Waals surface area contributed by atoms with Gasteiger partial charge in [-0.1, -0.05) is 119 Å². The quantitative estimate of drug-likeness (QED) is 0.195. The van der Waals surface area contributed by atoms with Crippen molar-refractivity contribution >= 4 is 64.5 Å². The minimum absolute atomic E-state index is 1.07. The molecule has 39 heavy (non-hydrogen) atoms. The van der Waals surface area contributed by atoms with E-state index in [0.717, 1.165) is 15.8 Å². The zero-order valence-corrected chi connectivity index (χ0v) is 23.5. The second-order valence-electron chi connectivity index (χ2n) is 9.53. The molecule has 0 atom stereocenters. The third-order valence-electron chi connectivity index (χ3n) is 7.15. The summed E-state index contributed by atoms with van der Waals surface area (Å²) in [7, 11) is 0. The maximum Gasteiger partial charge on any atom is 0.0640 e. The summed E-state index contributed by atoms with van der Waals surface area (Å²) in [4.78, 5) is 2.38. The van der Waals surface area contributed by atoms with Crippen LogP contribution >= 0.6 is 27.3 Å². The molecule has 0 N–H and O–H groups in total. The van der Waals surface area contributed by atoms with E-state index in [9.17, 15) is 0 Å². The van der Waals surface area contributed by atoms with Gasteiger partial charge < -0.3 is 4.90 Å². The molecule has 7 aromatic rings. The van der Waals surface area contributed by atoms with Crippen LogP contribution in [0.4, 0.5) is 17.1 Å². The van der Waals surface area contributed by atoms with Gasteiger partial charge in [-0.2, -0.15) is 0 Å². The minimum Gasteiger partial charge on any atom is -0.309 e. The Hall–Kier alpha value is -4.18. The average molecular weight is 583 g/mol. The molecule has 6 aromatic carbocycles. The number of benzene rings is 6. The van der Waals surface area contributed by atoms with Gasteiger partial charge in [0.05, 0.1) is 10.4 Å². The molecule has 1 aromatic heterocycles. The maximum atomic E-state index is 3.62. The third kappa shape index (κ3) is 4.44. The summed E-state index contributed by atoms with van der Waals surface area (Å²) in [6.45, 7) is 0. The van der Waals surface area contributed by atoms with Crippen LogP contribution in [0.3, 0.4) is 0 Å². The van der Waals surface area contributed by atoms with Crippen molar-refractivity contribution in [3.05, 3.63) is 150 Å². The molecular formula is C36H24BrNS. The van der Waals surface area contributed by atoms with Crippen LogP contribution in [0, 0.1) is 0 Å². The Morgan fingerprint density at radius 2 is 0.974 bits per heavy atom. The van der Waals surface area contributed by atoms with Gasteiger partial charge in [-0.25, -0.2) is 0 Å². The molecule has 7 rings (SSSR count). The van der Waals surface area contributed by atoms with Crippen LogP contribution in [0.5, 0.6) is 0 Å². The molecular weight excluding hydrogens is 558 g/mol. The van der Waals surface area contributed by atoms with Crippen molar-refractivity contribution < 1.29 is 0 Å². The molecule has 0 bridgehead atoms. The molecule has 0 aliphatic rings. The summed E-state index contributed by atoms with van der Waals surface area (Å²) in [6.07, 6.45) is 0. The molecule has 0 amide bonds. The Bertz CT molecular complexity index is 1890. The molecule has 1 heterocycles. The first-order valence-electron chi connectivity index (χ1n) is 13.0. The van der Waals surface area contributed by atoms with E-state index >= 15 is 0 Å². The van der Waals surface area contributed by atoms with Crippen LogP contribution in [0.2, 0.25) is 0 Å². The normalized spacial score (nSPS) is 11.2. The van der Waals surface area contributed by atoms with Crippen LogP contribution in [0.25, 0.3) is 42.4 Å². The van der Waals surface area contributed by atoms with Gasteiger partial charge in [0.25, 0.3) is 0 Å². The predicted octanol–water partition coefficient (Wildman–Crippen LogP) is 11.6. The number of anilines is 3. The highest BCUT2D eigenvalue weighted by molar-refractivity contribution is 9.10. The topological polar surface area (TPSA) is 3.24 Å². The molecule has 0 aliphatic carbocycles. The van der Waals surface area contributed by atoms with E-state index in [0.29, 0.717) is 0 Å². The standard InChI is InChI=1S/C36H24BrNS/c37-28-19-23-30(24-20-28)38(29-21-17-26(18-22-29)25-9-3-1-4-10-25)34-16-8-15-33-32-14-7-13-31(35(32)39-36(33)34)27-11-5-2-6-12-27/h1-24H. The Morgan fingerprint density at radius 3 is 1.64 bits per heavy atom. The van der Waals surface area contributed by atoms with Crippen molar-refractivity contribution in [2.75, 3.05) is 4.90 Å². The largest absolute Gasteiger partial charge is 0.309 e. The number of thiophene rings is 1. The highest BCUT2D eigenvalue weighted by Crippen LogP contribution is 2.47. The van der Waals surface area contributed by atoms with Gasteiger partial charge >= 0.3 is 0 Å². The van der Waals surface area contributed by atoms with Crippen molar-refractivity contribution in [2.24, 2.45) is 0 Å². The van der Waals surface area contributed by atoms with Crippen molar-refractivity contribution in [3.8, 4) is 22.3 Å². The second-order valence-corrected chi connectivity index (χ2v) is 11.5. The predicted molar refractivity (Wildman–Crippen MR) is 173 cm³/mol. The van der Waals surface area contributed by atoms with Crippen LogP contribution in [-0.2, 0) is 0 Å². The Morgan fingerprint density at radius 1 is 0.436 bits per heavy atom. The smallest absolute Gasteiger partial charge is 0.0640 e. The van der Waals surface area contributed by atoms with E-state index in [4.69, 9.17) is 0 Å². The Kier molecular flexibility index (Phi) is 6.24. The van der Waals surface area contributed by atoms with Crippen molar-refractivity contribution in [1.82, 2.24) is 0 Å². The summed E-state index contributed by atoms with van der Waals surface area (Å²) in [5.74, 6) is 0. The van der Waals surface area contributed by atoms with E-state index in [-0.39, 0.29) is 0 Å². The monoisotopic (exact) mass is 581 g/mol. The van der Waals surface area contributed by atoms with E-state index in [1.807, 2.05) is 11.3 Å². The minimum atomic E-state index is 1.07. The highest BCUT2D eigenvalue weighted by Gasteiger charge is 2.19. The zero-order chi connectivity index (χ0) is 26.2. The summed E-state index contributed by atoms with van der Waals surface area (Å²) in [5.41, 5.74) is 8.40. The first-order chi connectivity index (χ1) is 19.3. The van der Waals surface area contributed by atoms with Crippen molar-refractivity contribution in [3.63, 3.8) is 0 Å². The SMILES string of the molecule is Brc1ccc(N(c2ccc(-c3ccccc3)cc2)c2cccc3c2sc2c(-c4ccccc4)cccc23)cc1. The van der Waals surface area contributed by atoms with E-state index < -0.39 is 0 Å². The van der Waals surface area contributed by atoms with Gasteiger partial charge in [-0.05, 0) is 64.7 Å². The van der Waals surface area contributed by atoms with Crippen LogP contribution < -0.4 is 4.90 Å². The maximum absolute atomic E-state index is 3.62. The lowest BCUT2D eigenvalue weighted by molar-refractivity contribution is 1.30. The molecule has 0 radical (unpaired) electrons. The lowest BCUT2D eigenvalue weighted by Gasteiger charge is -2.26. The van der Waals surface area contributed by atoms with Gasteiger partial charge in [-0.15, -0.1) is 11.3 Å². The summed E-state index contributed by atoms with van der Waals surface area (Å²) in [5, 5.41) is 2.58. The lowest BCUT2D eigenvalue weighted by Crippen LogP contribution is -2.09. The molecule has 3 heteroatoms. The zero-order valence-electron chi connectivity index (χ0n) is 21.1. The fourth-order valence-electron chi connectivity index (χ4n) is 5.28. The van der Waals surface area contributed by atoms with Gasteiger partial charge in [0.2, 0.25) is 0 Å². The number of nitrogens with zero attached hydrogens (tertiary/aromatic N) is 1. The summed E-state index contributed by atoms with van der Waals surface area (Å²) >= 11 is 5.50. The third-order valence-corrected chi connectivity index (χ3v) is 8.95. The molecule has 0 aliphatic heterocycles.